The van der Waals surface area contributed by atoms with Gasteiger partial charge in [0.25, 0.3) is 11.4 Å². The molecule has 148 valence electrons. The number of carbonyl (C=O) groups is 1. The molecule has 0 unspecified atom stereocenters. The summed E-state index contributed by atoms with van der Waals surface area (Å²) in [5.74, 6) is -0.816. The lowest BCUT2D eigenvalue weighted by Gasteiger charge is -2.34. The number of nitro groups is 2. The van der Waals surface area contributed by atoms with Crippen LogP contribution in [0.2, 0.25) is 18.6 Å². The van der Waals surface area contributed by atoms with Gasteiger partial charge in [-0.1, -0.05) is 55.5 Å². The summed E-state index contributed by atoms with van der Waals surface area (Å²) in [5.41, 5.74) is -1.21. The fourth-order valence-electron chi connectivity index (χ4n) is 2.98. The lowest BCUT2D eigenvalue weighted by atomic mass is 10.1. The molecule has 0 bridgehead atoms. The van der Waals surface area contributed by atoms with Crippen LogP contribution in [-0.2, 0) is 4.74 Å². The van der Waals surface area contributed by atoms with E-state index in [0.29, 0.717) is 0 Å². The minimum atomic E-state index is -1.96. The standard InChI is InChI=1S/C19H22N2O6Si/c1-13(14(2)28(3,4)18-8-6-5-7-9-18)27-19(22)15-10-16(20(23)24)12-17(11-15)21(25)26/h5-14H,1-4H3/t13-,14+/m0/s1. The van der Waals surface area contributed by atoms with Crippen molar-refractivity contribution >= 4 is 30.6 Å². The van der Waals surface area contributed by atoms with Crippen molar-refractivity contribution in [3.05, 3.63) is 74.3 Å². The van der Waals surface area contributed by atoms with E-state index in [4.69, 9.17) is 4.74 Å². The second-order valence-electron chi connectivity index (χ2n) is 7.24. The fourth-order valence-corrected chi connectivity index (χ4v) is 5.80. The number of nitro benzene ring substituents is 2. The van der Waals surface area contributed by atoms with E-state index in [2.05, 4.69) is 25.2 Å². The average Bonchev–Trinajstić information content (AvgIpc) is 2.67. The molecule has 0 saturated heterocycles. The van der Waals surface area contributed by atoms with Crippen LogP contribution >= 0.6 is 0 Å². The Morgan fingerprint density at radius 3 is 1.93 bits per heavy atom. The van der Waals surface area contributed by atoms with Crippen LogP contribution < -0.4 is 5.19 Å². The maximum Gasteiger partial charge on any atom is 0.338 e. The van der Waals surface area contributed by atoms with E-state index >= 15 is 0 Å². The molecule has 9 heteroatoms. The van der Waals surface area contributed by atoms with E-state index in [0.717, 1.165) is 18.2 Å². The average molecular weight is 402 g/mol. The highest BCUT2D eigenvalue weighted by atomic mass is 28.3. The molecule has 0 saturated carbocycles. The summed E-state index contributed by atoms with van der Waals surface area (Å²) in [5, 5.41) is 23.2. The van der Waals surface area contributed by atoms with Crippen LogP contribution in [-0.4, -0.2) is 30.0 Å². The molecule has 0 fully saturated rings. The summed E-state index contributed by atoms with van der Waals surface area (Å²) in [6.07, 6.45) is -0.465. The molecule has 8 nitrogen and oxygen atoms in total. The highest BCUT2D eigenvalue weighted by Gasteiger charge is 2.36. The Labute approximate surface area is 163 Å². The molecule has 0 aromatic heterocycles. The summed E-state index contributed by atoms with van der Waals surface area (Å²) in [7, 11) is -1.96. The van der Waals surface area contributed by atoms with Gasteiger partial charge in [0.2, 0.25) is 0 Å². The number of hydrogen-bond donors (Lipinski definition) is 0. The predicted octanol–water partition coefficient (Wildman–Crippen LogP) is 4.05. The zero-order valence-corrected chi connectivity index (χ0v) is 17.1. The molecule has 0 aliphatic carbocycles. The molecule has 0 N–H and O–H groups in total. The molecular weight excluding hydrogens is 380 g/mol. The Morgan fingerprint density at radius 2 is 1.46 bits per heavy atom. The van der Waals surface area contributed by atoms with Gasteiger partial charge in [-0.25, -0.2) is 4.79 Å². The van der Waals surface area contributed by atoms with Gasteiger partial charge in [0.1, 0.15) is 0 Å². The maximum atomic E-state index is 12.5. The third-order valence-electron chi connectivity index (χ3n) is 5.21. The summed E-state index contributed by atoms with van der Waals surface area (Å²) >= 11 is 0. The molecule has 2 atom stereocenters. The van der Waals surface area contributed by atoms with Crippen molar-refractivity contribution < 1.29 is 19.4 Å². The van der Waals surface area contributed by atoms with Gasteiger partial charge in [-0.2, -0.15) is 0 Å². The van der Waals surface area contributed by atoms with Gasteiger partial charge in [0, 0.05) is 12.1 Å². The Hall–Kier alpha value is -3.07. The van der Waals surface area contributed by atoms with Crippen molar-refractivity contribution in [2.24, 2.45) is 0 Å². The van der Waals surface area contributed by atoms with E-state index in [1.807, 2.05) is 25.1 Å². The van der Waals surface area contributed by atoms with E-state index in [1.54, 1.807) is 6.92 Å². The number of ether oxygens (including phenoxy) is 1. The van der Waals surface area contributed by atoms with Gasteiger partial charge in [-0.15, -0.1) is 0 Å². The Balaban J connectivity index is 2.24. The molecule has 28 heavy (non-hydrogen) atoms. The molecule has 0 spiro atoms. The van der Waals surface area contributed by atoms with Gasteiger partial charge >= 0.3 is 5.97 Å². The summed E-state index contributed by atoms with van der Waals surface area (Å²) < 4.78 is 5.53. The first kappa shape index (κ1) is 21.2. The van der Waals surface area contributed by atoms with Crippen molar-refractivity contribution in [3.63, 3.8) is 0 Å². The molecule has 0 aliphatic rings. The van der Waals surface area contributed by atoms with Gasteiger partial charge in [0.05, 0.1) is 35.7 Å². The molecule has 0 amide bonds. The largest absolute Gasteiger partial charge is 0.459 e. The zero-order valence-electron chi connectivity index (χ0n) is 16.1. The molecular formula is C19H22N2O6Si. The maximum absolute atomic E-state index is 12.5. The third-order valence-corrected chi connectivity index (χ3v) is 9.78. The van der Waals surface area contributed by atoms with Crippen molar-refractivity contribution in [1.82, 2.24) is 0 Å². The Kier molecular flexibility index (Phi) is 6.29. The summed E-state index contributed by atoms with van der Waals surface area (Å²) in [6, 6.07) is 12.8. The molecule has 2 aromatic rings. The van der Waals surface area contributed by atoms with Crippen LogP contribution in [0, 0.1) is 20.2 Å². The summed E-state index contributed by atoms with van der Waals surface area (Å²) in [6.45, 7) is 8.13. The smallest absolute Gasteiger partial charge is 0.338 e. The van der Waals surface area contributed by atoms with E-state index < -0.39 is 41.4 Å². The summed E-state index contributed by atoms with van der Waals surface area (Å²) in [4.78, 5) is 33.0. The minimum Gasteiger partial charge on any atom is -0.459 e. The van der Waals surface area contributed by atoms with Crippen LogP contribution in [0.3, 0.4) is 0 Å². The third kappa shape index (κ3) is 4.60. The molecule has 0 radical (unpaired) electrons. The minimum absolute atomic E-state index is 0.0486. The van der Waals surface area contributed by atoms with Gasteiger partial charge in [0.15, 0.2) is 0 Å². The van der Waals surface area contributed by atoms with E-state index in [1.165, 1.54) is 5.19 Å². The Bertz CT molecular complexity index is 868. The number of rotatable bonds is 7. The first-order chi connectivity index (χ1) is 13.0. The van der Waals surface area contributed by atoms with Gasteiger partial charge in [-0.05, 0) is 12.5 Å². The quantitative estimate of drug-likeness (QED) is 0.299. The first-order valence-electron chi connectivity index (χ1n) is 8.74. The number of esters is 1. The van der Waals surface area contributed by atoms with Crippen LogP contribution in [0.1, 0.15) is 24.2 Å². The highest BCUT2D eigenvalue weighted by Crippen LogP contribution is 2.29. The molecule has 2 aromatic carbocycles. The van der Waals surface area contributed by atoms with Gasteiger partial charge in [-0.3, -0.25) is 20.2 Å². The monoisotopic (exact) mass is 402 g/mol. The zero-order chi connectivity index (χ0) is 21.1. The number of benzene rings is 2. The number of carbonyl (C=O) groups excluding carboxylic acids is 1. The first-order valence-corrected chi connectivity index (χ1v) is 11.8. The predicted molar refractivity (Wildman–Crippen MR) is 108 cm³/mol. The molecule has 2 rings (SSSR count). The molecule has 0 aliphatic heterocycles. The van der Waals surface area contributed by atoms with Crippen molar-refractivity contribution in [3.8, 4) is 0 Å². The number of non-ortho nitro benzene ring substituents is 2. The Morgan fingerprint density at radius 1 is 0.964 bits per heavy atom. The SMILES string of the molecule is C[C@H](OC(=O)c1cc([N+](=O)[O-])cc([N+](=O)[O-])c1)[C@@H](C)[Si](C)(C)c1ccccc1. The van der Waals surface area contributed by atoms with Crippen LogP contribution in [0.25, 0.3) is 0 Å². The lowest BCUT2D eigenvalue weighted by Crippen LogP contribution is -2.49. The van der Waals surface area contributed by atoms with E-state index in [-0.39, 0.29) is 11.1 Å². The lowest BCUT2D eigenvalue weighted by molar-refractivity contribution is -0.394. The second-order valence-corrected chi connectivity index (χ2v) is 12.2. The highest BCUT2D eigenvalue weighted by molar-refractivity contribution is 6.91. The van der Waals surface area contributed by atoms with Crippen LogP contribution in [0.4, 0.5) is 11.4 Å². The van der Waals surface area contributed by atoms with E-state index in [9.17, 15) is 25.0 Å². The van der Waals surface area contributed by atoms with Crippen LogP contribution in [0.15, 0.2) is 48.5 Å². The normalized spacial score (nSPS) is 13.4. The van der Waals surface area contributed by atoms with Crippen molar-refractivity contribution in [2.45, 2.75) is 38.6 Å². The molecule has 0 heterocycles. The number of nitrogens with zero attached hydrogens (tertiary/aromatic N) is 2. The van der Waals surface area contributed by atoms with Crippen molar-refractivity contribution in [1.29, 1.82) is 0 Å². The number of hydrogen-bond acceptors (Lipinski definition) is 6. The van der Waals surface area contributed by atoms with Crippen LogP contribution in [0.5, 0.6) is 0 Å². The second kappa shape index (κ2) is 8.30. The van der Waals surface area contributed by atoms with Gasteiger partial charge < -0.3 is 4.74 Å². The van der Waals surface area contributed by atoms with Crippen molar-refractivity contribution in [2.75, 3.05) is 0 Å². The topological polar surface area (TPSA) is 113 Å². The fraction of sp³-hybridized carbons (Fsp3) is 0.316.